The Bertz CT molecular complexity index is 603. The van der Waals surface area contributed by atoms with Gasteiger partial charge in [0.1, 0.15) is 10.7 Å². The van der Waals surface area contributed by atoms with E-state index in [1.165, 1.54) is 10.4 Å². The standard InChI is InChI=1S/C13H16Cl2FNO2S/c1-2-5-17(11-3-4-11)20(18,19)12-7-10(15)6-9(8-14)13(12)16/h6-7,11H,2-5,8H2,1H3. The van der Waals surface area contributed by atoms with Crippen molar-refractivity contribution in [1.82, 2.24) is 4.31 Å². The van der Waals surface area contributed by atoms with Crippen LogP contribution < -0.4 is 0 Å². The van der Waals surface area contributed by atoms with Crippen LogP contribution in [0, 0.1) is 5.82 Å². The highest BCUT2D eigenvalue weighted by atomic mass is 35.5. The molecule has 0 aromatic heterocycles. The monoisotopic (exact) mass is 339 g/mol. The molecular weight excluding hydrogens is 324 g/mol. The van der Waals surface area contributed by atoms with Crippen molar-refractivity contribution in [2.45, 2.75) is 43.0 Å². The highest BCUT2D eigenvalue weighted by Crippen LogP contribution is 2.34. The molecule has 1 aromatic carbocycles. The van der Waals surface area contributed by atoms with Crippen molar-refractivity contribution >= 4 is 33.2 Å². The molecule has 20 heavy (non-hydrogen) atoms. The summed E-state index contributed by atoms with van der Waals surface area (Å²) in [7, 11) is -3.87. The van der Waals surface area contributed by atoms with E-state index in [4.69, 9.17) is 23.2 Å². The largest absolute Gasteiger partial charge is 0.246 e. The zero-order valence-electron chi connectivity index (χ0n) is 11.1. The van der Waals surface area contributed by atoms with Crippen molar-refractivity contribution in [1.29, 1.82) is 0 Å². The van der Waals surface area contributed by atoms with Crippen LogP contribution in [0.5, 0.6) is 0 Å². The Hall–Kier alpha value is -0.360. The molecule has 0 saturated heterocycles. The SMILES string of the molecule is CCCN(C1CC1)S(=O)(=O)c1cc(Cl)cc(CCl)c1F. The van der Waals surface area contributed by atoms with Crippen molar-refractivity contribution in [2.24, 2.45) is 0 Å². The minimum Gasteiger partial charge on any atom is -0.207 e. The summed E-state index contributed by atoms with van der Waals surface area (Å²) in [6.45, 7) is 2.28. The minimum absolute atomic E-state index is 0.0159. The number of halogens is 3. The summed E-state index contributed by atoms with van der Waals surface area (Å²) in [5.74, 6) is -0.919. The van der Waals surface area contributed by atoms with Gasteiger partial charge in [-0.3, -0.25) is 0 Å². The van der Waals surface area contributed by atoms with Crippen molar-refractivity contribution in [3.63, 3.8) is 0 Å². The lowest BCUT2D eigenvalue weighted by Gasteiger charge is -2.22. The van der Waals surface area contributed by atoms with Gasteiger partial charge in [-0.1, -0.05) is 18.5 Å². The minimum atomic E-state index is -3.87. The number of sulfonamides is 1. The summed E-state index contributed by atoms with van der Waals surface area (Å²) in [6, 6.07) is 2.50. The fourth-order valence-electron chi connectivity index (χ4n) is 2.11. The molecule has 3 nitrogen and oxygen atoms in total. The second kappa shape index (κ2) is 6.18. The van der Waals surface area contributed by atoms with Gasteiger partial charge in [0.2, 0.25) is 10.0 Å². The first-order valence-electron chi connectivity index (χ1n) is 6.47. The lowest BCUT2D eigenvalue weighted by Crippen LogP contribution is -2.34. The lowest BCUT2D eigenvalue weighted by atomic mass is 10.2. The van der Waals surface area contributed by atoms with Gasteiger partial charge in [-0.25, -0.2) is 12.8 Å². The van der Waals surface area contributed by atoms with Crippen LogP contribution in [0.15, 0.2) is 17.0 Å². The predicted octanol–water partition coefficient (Wildman–Crippen LogP) is 3.78. The maximum absolute atomic E-state index is 14.3. The maximum Gasteiger partial charge on any atom is 0.246 e. The summed E-state index contributed by atoms with van der Waals surface area (Å²) in [5.41, 5.74) is 0.102. The van der Waals surface area contributed by atoms with Crippen LogP contribution in [-0.4, -0.2) is 25.3 Å². The highest BCUT2D eigenvalue weighted by Gasteiger charge is 2.39. The predicted molar refractivity (Wildman–Crippen MR) is 78.2 cm³/mol. The molecule has 0 unspecified atom stereocenters. The summed E-state index contributed by atoms with van der Waals surface area (Å²) >= 11 is 11.5. The van der Waals surface area contributed by atoms with E-state index in [1.54, 1.807) is 0 Å². The molecule has 0 heterocycles. The molecule has 1 aromatic rings. The van der Waals surface area contributed by atoms with Gasteiger partial charge in [-0.2, -0.15) is 4.31 Å². The molecule has 1 aliphatic carbocycles. The van der Waals surface area contributed by atoms with Crippen LogP contribution in [0.1, 0.15) is 31.7 Å². The van der Waals surface area contributed by atoms with E-state index >= 15 is 0 Å². The molecule has 2 rings (SSSR count). The molecule has 7 heteroatoms. The number of alkyl halides is 1. The van der Waals surface area contributed by atoms with E-state index in [2.05, 4.69) is 0 Å². The second-order valence-corrected chi connectivity index (χ2v) is 7.42. The number of hydrogen-bond acceptors (Lipinski definition) is 2. The van der Waals surface area contributed by atoms with Crippen molar-refractivity contribution in [2.75, 3.05) is 6.54 Å². The number of hydrogen-bond donors (Lipinski definition) is 0. The zero-order valence-corrected chi connectivity index (χ0v) is 13.4. The van der Waals surface area contributed by atoms with E-state index in [9.17, 15) is 12.8 Å². The van der Waals surface area contributed by atoms with Crippen molar-refractivity contribution in [3.8, 4) is 0 Å². The zero-order chi connectivity index (χ0) is 14.9. The Labute approximate surface area is 128 Å². The van der Waals surface area contributed by atoms with Gasteiger partial charge in [-0.05, 0) is 31.4 Å². The molecular formula is C13H16Cl2FNO2S. The molecule has 1 fully saturated rings. The summed E-state index contributed by atoms with van der Waals surface area (Å²) in [6.07, 6.45) is 2.33. The van der Waals surface area contributed by atoms with Gasteiger partial charge in [-0.15, -0.1) is 11.6 Å². The quantitative estimate of drug-likeness (QED) is 0.739. The topological polar surface area (TPSA) is 37.4 Å². The molecule has 0 radical (unpaired) electrons. The maximum atomic E-state index is 14.3. The first-order chi connectivity index (χ1) is 9.41. The fraction of sp³-hybridized carbons (Fsp3) is 0.538. The van der Waals surface area contributed by atoms with Crippen LogP contribution in [-0.2, 0) is 15.9 Å². The van der Waals surface area contributed by atoms with Crippen molar-refractivity contribution < 1.29 is 12.8 Å². The lowest BCUT2D eigenvalue weighted by molar-refractivity contribution is 0.399. The number of nitrogens with zero attached hydrogens (tertiary/aromatic N) is 1. The number of rotatable bonds is 6. The van der Waals surface area contributed by atoms with Crippen molar-refractivity contribution in [3.05, 3.63) is 28.5 Å². The average molecular weight is 340 g/mol. The highest BCUT2D eigenvalue weighted by molar-refractivity contribution is 7.89. The third kappa shape index (κ3) is 3.11. The Morgan fingerprint density at radius 2 is 2.05 bits per heavy atom. The van der Waals surface area contributed by atoms with E-state index in [0.717, 1.165) is 18.9 Å². The normalized spacial score (nSPS) is 15.8. The second-order valence-electron chi connectivity index (χ2n) is 4.86. The Morgan fingerprint density at radius 3 is 2.55 bits per heavy atom. The van der Waals surface area contributed by atoms with Crippen LogP contribution in [0.3, 0.4) is 0 Å². The van der Waals surface area contributed by atoms with Gasteiger partial charge in [0.05, 0.1) is 5.88 Å². The van der Waals surface area contributed by atoms with Gasteiger partial charge in [0.15, 0.2) is 0 Å². The summed E-state index contributed by atoms with van der Waals surface area (Å²) < 4.78 is 40.9. The molecule has 0 aliphatic heterocycles. The first kappa shape index (κ1) is 16.0. The van der Waals surface area contributed by atoms with E-state index in [-0.39, 0.29) is 27.4 Å². The molecule has 0 bridgehead atoms. The average Bonchev–Trinajstić information content (AvgIpc) is 3.22. The molecule has 0 spiro atoms. The third-order valence-corrected chi connectivity index (χ3v) is 5.67. The van der Waals surface area contributed by atoms with Gasteiger partial charge in [0.25, 0.3) is 0 Å². The molecule has 1 saturated carbocycles. The summed E-state index contributed by atoms with van der Waals surface area (Å²) in [4.78, 5) is -0.374. The smallest absolute Gasteiger partial charge is 0.207 e. The molecule has 0 atom stereocenters. The third-order valence-electron chi connectivity index (χ3n) is 3.21. The Morgan fingerprint density at radius 1 is 1.40 bits per heavy atom. The van der Waals surface area contributed by atoms with Crippen LogP contribution >= 0.6 is 23.2 Å². The van der Waals surface area contributed by atoms with Crippen LogP contribution in [0.25, 0.3) is 0 Å². The Balaban J connectivity index is 2.50. The fourth-order valence-corrected chi connectivity index (χ4v) is 4.52. The first-order valence-corrected chi connectivity index (χ1v) is 8.82. The number of benzene rings is 1. The molecule has 0 amide bonds. The van der Waals surface area contributed by atoms with E-state index in [1.807, 2.05) is 6.92 Å². The van der Waals surface area contributed by atoms with Crippen LogP contribution in [0.4, 0.5) is 4.39 Å². The van der Waals surface area contributed by atoms with Gasteiger partial charge >= 0.3 is 0 Å². The van der Waals surface area contributed by atoms with E-state index in [0.29, 0.717) is 13.0 Å². The van der Waals surface area contributed by atoms with E-state index < -0.39 is 15.8 Å². The van der Waals surface area contributed by atoms with Crippen LogP contribution in [0.2, 0.25) is 5.02 Å². The van der Waals surface area contributed by atoms with Gasteiger partial charge in [0, 0.05) is 23.2 Å². The van der Waals surface area contributed by atoms with Gasteiger partial charge < -0.3 is 0 Å². The molecule has 112 valence electrons. The Kier molecular flexibility index (Phi) is 4.95. The molecule has 1 aliphatic rings. The molecule has 0 N–H and O–H groups in total. The summed E-state index contributed by atoms with van der Waals surface area (Å²) in [5, 5.41) is 0.174.